The molecule has 3 N–H and O–H groups in total. The summed E-state index contributed by atoms with van der Waals surface area (Å²) in [4.78, 5) is 22.5. The number of hydrogen-bond acceptors (Lipinski definition) is 6. The van der Waals surface area contributed by atoms with Gasteiger partial charge in [-0.05, 0) is 18.2 Å². The number of carbonyl (C=O) groups is 2. The van der Waals surface area contributed by atoms with E-state index in [2.05, 4.69) is 0 Å². The van der Waals surface area contributed by atoms with E-state index >= 15 is 0 Å². The minimum Gasteiger partial charge on any atom is -0.497 e. The summed E-state index contributed by atoms with van der Waals surface area (Å²) in [6.07, 6.45) is 0. The van der Waals surface area contributed by atoms with Crippen LogP contribution in [0.1, 0.15) is 10.4 Å². The summed E-state index contributed by atoms with van der Waals surface area (Å²) in [5.74, 6) is -1.31. The van der Waals surface area contributed by atoms with Gasteiger partial charge in [-0.15, -0.1) is 0 Å². The highest BCUT2D eigenvalue weighted by Gasteiger charge is 2.30. The number of carboxylic acids is 1. The van der Waals surface area contributed by atoms with Crippen LogP contribution in [0.4, 0.5) is 0 Å². The maximum absolute atomic E-state index is 11.8. The van der Waals surface area contributed by atoms with Crippen LogP contribution >= 0.6 is 0 Å². The van der Waals surface area contributed by atoms with Crippen molar-refractivity contribution < 1.29 is 33.0 Å². The molecule has 110 valence electrons. The molecule has 1 rings (SSSR count). The Hall–Kier alpha value is -1.97. The van der Waals surface area contributed by atoms with Gasteiger partial charge in [-0.1, -0.05) is 6.07 Å². The SMILES string of the molecule is COc1cccc(C(=O)S(=O)(=O)N[C@@H](CO)C(=O)O)c1. The molecule has 0 fully saturated rings. The summed E-state index contributed by atoms with van der Waals surface area (Å²) in [7, 11) is -3.23. The molecule has 0 amide bonds. The van der Waals surface area contributed by atoms with Crippen molar-refractivity contribution in [3.63, 3.8) is 0 Å². The van der Waals surface area contributed by atoms with Crippen molar-refractivity contribution in [1.82, 2.24) is 4.72 Å². The largest absolute Gasteiger partial charge is 0.497 e. The van der Waals surface area contributed by atoms with Gasteiger partial charge in [-0.3, -0.25) is 9.59 Å². The highest BCUT2D eigenvalue weighted by molar-refractivity contribution is 8.05. The van der Waals surface area contributed by atoms with Gasteiger partial charge in [-0.25, -0.2) is 8.42 Å². The van der Waals surface area contributed by atoms with Crippen LogP contribution in [-0.4, -0.2) is 49.5 Å². The predicted octanol–water partition coefficient (Wildman–Crippen LogP) is -0.800. The quantitative estimate of drug-likeness (QED) is 0.627. The fourth-order valence-corrected chi connectivity index (χ4v) is 2.41. The van der Waals surface area contributed by atoms with E-state index in [-0.39, 0.29) is 11.3 Å². The van der Waals surface area contributed by atoms with E-state index in [1.165, 1.54) is 31.4 Å². The Morgan fingerprint density at radius 2 is 2.05 bits per heavy atom. The predicted molar refractivity (Wildman–Crippen MR) is 67.9 cm³/mol. The van der Waals surface area contributed by atoms with Crippen molar-refractivity contribution >= 4 is 21.1 Å². The molecule has 0 heterocycles. The number of benzene rings is 1. The molecular formula is C11H13NO7S. The highest BCUT2D eigenvalue weighted by atomic mass is 32.2. The molecule has 1 aromatic rings. The Balaban J connectivity index is 3.02. The maximum atomic E-state index is 11.8. The lowest BCUT2D eigenvalue weighted by Crippen LogP contribution is -2.45. The monoisotopic (exact) mass is 303 g/mol. The van der Waals surface area contributed by atoms with Crippen LogP contribution in [0, 0.1) is 0 Å². The molecule has 9 heteroatoms. The van der Waals surface area contributed by atoms with Crippen LogP contribution in [0.2, 0.25) is 0 Å². The van der Waals surface area contributed by atoms with Gasteiger partial charge in [0.1, 0.15) is 11.8 Å². The second-order valence-electron chi connectivity index (χ2n) is 3.71. The third-order valence-corrected chi connectivity index (χ3v) is 3.65. The van der Waals surface area contributed by atoms with Gasteiger partial charge in [-0.2, -0.15) is 4.72 Å². The summed E-state index contributed by atoms with van der Waals surface area (Å²) < 4.78 is 29.9. The third-order valence-electron chi connectivity index (χ3n) is 2.33. The average Bonchev–Trinajstić information content (AvgIpc) is 2.43. The van der Waals surface area contributed by atoms with E-state index in [1.54, 1.807) is 4.72 Å². The Labute approximate surface area is 115 Å². The van der Waals surface area contributed by atoms with Gasteiger partial charge in [0.15, 0.2) is 0 Å². The normalized spacial score (nSPS) is 12.7. The first-order chi connectivity index (χ1) is 9.31. The number of aliphatic hydroxyl groups excluding tert-OH is 1. The first-order valence-electron chi connectivity index (χ1n) is 5.36. The lowest BCUT2D eigenvalue weighted by molar-refractivity contribution is -0.139. The van der Waals surface area contributed by atoms with E-state index < -0.39 is 33.8 Å². The van der Waals surface area contributed by atoms with Crippen LogP contribution < -0.4 is 9.46 Å². The first-order valence-corrected chi connectivity index (χ1v) is 6.84. The molecule has 20 heavy (non-hydrogen) atoms. The van der Waals surface area contributed by atoms with Gasteiger partial charge in [0.2, 0.25) is 0 Å². The zero-order chi connectivity index (χ0) is 15.3. The Morgan fingerprint density at radius 3 is 2.55 bits per heavy atom. The molecule has 0 aliphatic rings. The first kappa shape index (κ1) is 16.1. The fourth-order valence-electron chi connectivity index (χ4n) is 1.31. The molecule has 0 unspecified atom stereocenters. The maximum Gasteiger partial charge on any atom is 0.324 e. The molecular weight excluding hydrogens is 290 g/mol. The third kappa shape index (κ3) is 3.76. The average molecular weight is 303 g/mol. The van der Waals surface area contributed by atoms with Crippen LogP contribution in [0.25, 0.3) is 0 Å². The Kier molecular flexibility index (Phi) is 5.19. The van der Waals surface area contributed by atoms with E-state index in [0.29, 0.717) is 0 Å². The topological polar surface area (TPSA) is 130 Å². The molecule has 0 aliphatic carbocycles. The summed E-state index contributed by atoms with van der Waals surface area (Å²) in [6.45, 7) is -0.972. The number of rotatable bonds is 6. The van der Waals surface area contributed by atoms with Crippen molar-refractivity contribution in [2.45, 2.75) is 6.04 Å². The molecule has 0 aliphatic heterocycles. The number of sulfonamides is 1. The standard InChI is InChI=1S/C11H13NO7S/c1-19-8-4-2-3-7(5-8)11(16)20(17,18)12-9(6-13)10(14)15/h2-5,9,12-13H,6H2,1H3,(H,14,15)/t9-/m0/s1. The van der Waals surface area contributed by atoms with E-state index in [1.807, 2.05) is 0 Å². The molecule has 0 radical (unpaired) electrons. The van der Waals surface area contributed by atoms with E-state index in [4.69, 9.17) is 14.9 Å². The van der Waals surface area contributed by atoms with Crippen LogP contribution in [-0.2, 0) is 14.8 Å². The van der Waals surface area contributed by atoms with Crippen LogP contribution in [0.3, 0.4) is 0 Å². The molecule has 0 aromatic heterocycles. The Bertz CT molecular complexity index is 611. The van der Waals surface area contributed by atoms with Gasteiger partial charge in [0.05, 0.1) is 13.7 Å². The van der Waals surface area contributed by atoms with Crippen LogP contribution in [0.15, 0.2) is 24.3 Å². The van der Waals surface area contributed by atoms with E-state index in [9.17, 15) is 18.0 Å². The molecule has 1 atom stereocenters. The summed E-state index contributed by atoms with van der Waals surface area (Å²) in [5.41, 5.74) is -0.182. The van der Waals surface area contributed by atoms with Crippen molar-refractivity contribution in [3.05, 3.63) is 29.8 Å². The van der Waals surface area contributed by atoms with Gasteiger partial charge in [0, 0.05) is 5.56 Å². The van der Waals surface area contributed by atoms with Gasteiger partial charge >= 0.3 is 5.97 Å². The number of aliphatic hydroxyl groups is 1. The molecule has 0 saturated heterocycles. The number of carboxylic acid groups (broad SMARTS) is 1. The molecule has 0 spiro atoms. The smallest absolute Gasteiger partial charge is 0.324 e. The summed E-state index contributed by atoms with van der Waals surface area (Å²) in [6, 6.07) is 3.61. The second kappa shape index (κ2) is 6.46. The molecule has 1 aromatic carbocycles. The van der Waals surface area contributed by atoms with Crippen molar-refractivity contribution in [1.29, 1.82) is 0 Å². The fraction of sp³-hybridized carbons (Fsp3) is 0.273. The summed E-state index contributed by atoms with van der Waals surface area (Å²) >= 11 is 0. The minimum absolute atomic E-state index is 0.182. The highest BCUT2D eigenvalue weighted by Crippen LogP contribution is 2.14. The molecule has 0 saturated carbocycles. The van der Waals surface area contributed by atoms with Gasteiger partial charge < -0.3 is 14.9 Å². The zero-order valence-electron chi connectivity index (χ0n) is 10.4. The van der Waals surface area contributed by atoms with Crippen molar-refractivity contribution in [2.24, 2.45) is 0 Å². The van der Waals surface area contributed by atoms with Crippen molar-refractivity contribution in [2.75, 3.05) is 13.7 Å². The van der Waals surface area contributed by atoms with Crippen molar-refractivity contribution in [3.8, 4) is 5.75 Å². The lowest BCUT2D eigenvalue weighted by atomic mass is 10.2. The number of methoxy groups -OCH3 is 1. The minimum atomic E-state index is -4.58. The zero-order valence-corrected chi connectivity index (χ0v) is 11.3. The van der Waals surface area contributed by atoms with E-state index in [0.717, 1.165) is 0 Å². The van der Waals surface area contributed by atoms with Gasteiger partial charge in [0.25, 0.3) is 15.1 Å². The number of aliphatic carboxylic acids is 1. The molecule has 0 bridgehead atoms. The Morgan fingerprint density at radius 1 is 1.40 bits per heavy atom. The number of nitrogens with one attached hydrogen (secondary N) is 1. The number of ether oxygens (including phenoxy) is 1. The second-order valence-corrected chi connectivity index (χ2v) is 5.33. The summed E-state index contributed by atoms with van der Waals surface area (Å²) in [5, 5.41) is 16.1. The lowest BCUT2D eigenvalue weighted by Gasteiger charge is -2.11. The number of carbonyl (C=O) groups excluding carboxylic acids is 1. The number of hydrogen-bond donors (Lipinski definition) is 3. The van der Waals surface area contributed by atoms with Crippen LogP contribution in [0.5, 0.6) is 5.75 Å². The molecule has 8 nitrogen and oxygen atoms in total.